The fourth-order valence-electron chi connectivity index (χ4n) is 1.96. The summed E-state index contributed by atoms with van der Waals surface area (Å²) in [6.45, 7) is 1.05. The summed E-state index contributed by atoms with van der Waals surface area (Å²) >= 11 is 9.25. The zero-order chi connectivity index (χ0) is 13.4. The molecule has 3 nitrogen and oxygen atoms in total. The maximum absolute atomic E-state index is 13.5. The molecule has 0 unspecified atom stereocenters. The molecule has 0 fully saturated rings. The van der Waals surface area contributed by atoms with Crippen LogP contribution in [-0.4, -0.2) is 16.6 Å². The predicted molar refractivity (Wildman–Crippen MR) is 73.5 cm³/mol. The summed E-state index contributed by atoms with van der Waals surface area (Å²) in [6, 6.07) is 4.77. The number of benzene rings is 1. The molecule has 3 rings (SSSR count). The minimum absolute atomic E-state index is 0.349. The standard InChI is InChI=1S/C13H9BrClFN2O/c14-9-2-1-7(5-10(9)16)13-17-11-3-4-19-6-8(11)12(15)18-13/h1-2,5H,3-4,6H2. The number of halogens is 3. The Hall–Kier alpha value is -1.04. The van der Waals surface area contributed by atoms with Crippen LogP contribution in [-0.2, 0) is 17.8 Å². The van der Waals surface area contributed by atoms with Crippen molar-refractivity contribution in [3.63, 3.8) is 0 Å². The van der Waals surface area contributed by atoms with Crippen LogP contribution in [0, 0.1) is 5.82 Å². The molecule has 2 heterocycles. The van der Waals surface area contributed by atoms with Crippen LogP contribution in [0.15, 0.2) is 22.7 Å². The highest BCUT2D eigenvalue weighted by molar-refractivity contribution is 9.10. The van der Waals surface area contributed by atoms with Crippen molar-refractivity contribution in [2.75, 3.05) is 6.61 Å². The fourth-order valence-corrected chi connectivity index (χ4v) is 2.45. The number of rotatable bonds is 1. The number of hydrogen-bond acceptors (Lipinski definition) is 3. The van der Waals surface area contributed by atoms with E-state index in [-0.39, 0.29) is 5.82 Å². The largest absolute Gasteiger partial charge is 0.376 e. The Bertz CT molecular complexity index is 651. The van der Waals surface area contributed by atoms with Gasteiger partial charge in [0.1, 0.15) is 11.0 Å². The molecular weight excluding hydrogens is 335 g/mol. The van der Waals surface area contributed by atoms with E-state index in [1.54, 1.807) is 12.1 Å². The van der Waals surface area contributed by atoms with E-state index < -0.39 is 0 Å². The number of ether oxygens (including phenoxy) is 1. The first kappa shape index (κ1) is 13.0. The Morgan fingerprint density at radius 1 is 1.32 bits per heavy atom. The average Bonchev–Trinajstić information content (AvgIpc) is 2.42. The number of hydrogen-bond donors (Lipinski definition) is 0. The molecule has 0 atom stereocenters. The summed E-state index contributed by atoms with van der Waals surface area (Å²) in [7, 11) is 0. The van der Waals surface area contributed by atoms with Crippen LogP contribution in [0.4, 0.5) is 4.39 Å². The van der Waals surface area contributed by atoms with Gasteiger partial charge >= 0.3 is 0 Å². The van der Waals surface area contributed by atoms with Gasteiger partial charge in [0.25, 0.3) is 0 Å². The molecule has 0 aliphatic carbocycles. The van der Waals surface area contributed by atoms with E-state index in [0.717, 1.165) is 11.3 Å². The van der Waals surface area contributed by atoms with Gasteiger partial charge in [0.2, 0.25) is 0 Å². The second-order valence-electron chi connectivity index (χ2n) is 4.19. The van der Waals surface area contributed by atoms with Gasteiger partial charge < -0.3 is 4.74 Å². The number of aromatic nitrogens is 2. The first-order valence-electron chi connectivity index (χ1n) is 5.73. The first-order chi connectivity index (χ1) is 9.15. The average molecular weight is 344 g/mol. The summed E-state index contributed by atoms with van der Waals surface area (Å²) in [4.78, 5) is 8.68. The third-order valence-corrected chi connectivity index (χ3v) is 3.91. The van der Waals surface area contributed by atoms with Crippen LogP contribution in [0.1, 0.15) is 11.3 Å². The van der Waals surface area contributed by atoms with Crippen molar-refractivity contribution < 1.29 is 9.13 Å². The molecule has 98 valence electrons. The van der Waals surface area contributed by atoms with Crippen molar-refractivity contribution in [1.82, 2.24) is 9.97 Å². The molecule has 0 N–H and O–H groups in total. The summed E-state index contributed by atoms with van der Waals surface area (Å²) in [5.74, 6) is 0.0929. The quantitative estimate of drug-likeness (QED) is 0.739. The van der Waals surface area contributed by atoms with Gasteiger partial charge in [-0.1, -0.05) is 11.6 Å². The molecule has 6 heteroatoms. The monoisotopic (exact) mass is 342 g/mol. The van der Waals surface area contributed by atoms with Crippen LogP contribution in [0.5, 0.6) is 0 Å². The molecule has 1 aliphatic rings. The molecule has 1 aliphatic heterocycles. The highest BCUT2D eigenvalue weighted by Crippen LogP contribution is 2.27. The Balaban J connectivity index is 2.10. The maximum atomic E-state index is 13.5. The van der Waals surface area contributed by atoms with Gasteiger partial charge in [-0.2, -0.15) is 0 Å². The van der Waals surface area contributed by atoms with Crippen LogP contribution in [0.25, 0.3) is 11.4 Å². The third kappa shape index (κ3) is 2.50. The Morgan fingerprint density at radius 2 is 2.16 bits per heavy atom. The lowest BCUT2D eigenvalue weighted by atomic mass is 10.1. The SMILES string of the molecule is Fc1cc(-c2nc(Cl)c3c(n2)CCOC3)ccc1Br. The van der Waals surface area contributed by atoms with Crippen LogP contribution in [0.3, 0.4) is 0 Å². The summed E-state index contributed by atoms with van der Waals surface area (Å²) in [5, 5.41) is 0.378. The Morgan fingerprint density at radius 3 is 2.95 bits per heavy atom. The van der Waals surface area contributed by atoms with Crippen molar-refractivity contribution in [3.05, 3.63) is 44.9 Å². The molecule has 0 spiro atoms. The summed E-state index contributed by atoms with van der Waals surface area (Å²) in [5.41, 5.74) is 2.32. The molecule has 0 amide bonds. The zero-order valence-corrected chi connectivity index (χ0v) is 12.1. The van der Waals surface area contributed by atoms with Crippen molar-refractivity contribution >= 4 is 27.5 Å². The third-order valence-electron chi connectivity index (χ3n) is 2.95. The van der Waals surface area contributed by atoms with Gasteiger partial charge in [-0.3, -0.25) is 0 Å². The van der Waals surface area contributed by atoms with Gasteiger partial charge in [-0.05, 0) is 34.1 Å². The molecular formula is C13H9BrClFN2O. The fraction of sp³-hybridized carbons (Fsp3) is 0.231. The van der Waals surface area contributed by atoms with Gasteiger partial charge in [0.15, 0.2) is 5.82 Å². The summed E-state index contributed by atoms with van der Waals surface area (Å²) in [6.07, 6.45) is 0.698. The highest BCUT2D eigenvalue weighted by Gasteiger charge is 2.18. The van der Waals surface area contributed by atoms with Crippen LogP contribution >= 0.6 is 27.5 Å². The van der Waals surface area contributed by atoms with E-state index in [1.807, 2.05) is 0 Å². The van der Waals surface area contributed by atoms with Crippen molar-refractivity contribution in [2.24, 2.45) is 0 Å². The minimum Gasteiger partial charge on any atom is -0.376 e. The van der Waals surface area contributed by atoms with Crippen LogP contribution < -0.4 is 0 Å². The van der Waals surface area contributed by atoms with E-state index in [4.69, 9.17) is 16.3 Å². The van der Waals surface area contributed by atoms with E-state index in [2.05, 4.69) is 25.9 Å². The molecule has 2 aromatic rings. The normalized spacial score (nSPS) is 14.3. The van der Waals surface area contributed by atoms with Crippen molar-refractivity contribution in [2.45, 2.75) is 13.0 Å². The van der Waals surface area contributed by atoms with E-state index in [1.165, 1.54) is 6.07 Å². The number of fused-ring (bicyclic) bond motifs is 1. The molecule has 1 aromatic carbocycles. The smallest absolute Gasteiger partial charge is 0.161 e. The van der Waals surface area contributed by atoms with Gasteiger partial charge in [0, 0.05) is 17.5 Å². The lowest BCUT2D eigenvalue weighted by molar-refractivity contribution is 0.109. The van der Waals surface area contributed by atoms with Gasteiger partial charge in [0.05, 0.1) is 23.4 Å². The van der Waals surface area contributed by atoms with E-state index in [0.29, 0.717) is 40.6 Å². The maximum Gasteiger partial charge on any atom is 0.161 e. The molecule has 0 bridgehead atoms. The molecule has 1 aromatic heterocycles. The second kappa shape index (κ2) is 5.15. The van der Waals surface area contributed by atoms with Crippen molar-refractivity contribution in [1.29, 1.82) is 0 Å². The van der Waals surface area contributed by atoms with E-state index >= 15 is 0 Å². The van der Waals surface area contributed by atoms with Gasteiger partial charge in [-0.15, -0.1) is 0 Å². The number of nitrogens with zero attached hydrogens (tertiary/aromatic N) is 2. The molecule has 0 radical (unpaired) electrons. The van der Waals surface area contributed by atoms with Gasteiger partial charge in [-0.25, -0.2) is 14.4 Å². The highest BCUT2D eigenvalue weighted by atomic mass is 79.9. The predicted octanol–water partition coefficient (Wildman–Crippen LogP) is 3.77. The Labute approximate surface area is 122 Å². The first-order valence-corrected chi connectivity index (χ1v) is 6.90. The Kier molecular flexibility index (Phi) is 3.52. The lowest BCUT2D eigenvalue weighted by Gasteiger charge is -2.17. The van der Waals surface area contributed by atoms with Crippen LogP contribution in [0.2, 0.25) is 5.15 Å². The van der Waals surface area contributed by atoms with Crippen molar-refractivity contribution in [3.8, 4) is 11.4 Å². The summed E-state index contributed by atoms with van der Waals surface area (Å²) < 4.78 is 19.3. The molecule has 0 saturated carbocycles. The zero-order valence-electron chi connectivity index (χ0n) is 9.79. The minimum atomic E-state index is -0.349. The lowest BCUT2D eigenvalue weighted by Crippen LogP contribution is -2.14. The molecule has 0 saturated heterocycles. The molecule has 19 heavy (non-hydrogen) atoms. The topological polar surface area (TPSA) is 35.0 Å². The van der Waals surface area contributed by atoms with E-state index in [9.17, 15) is 4.39 Å². The second-order valence-corrected chi connectivity index (χ2v) is 5.41.